The highest BCUT2D eigenvalue weighted by Crippen LogP contribution is 2.19. The van der Waals surface area contributed by atoms with Gasteiger partial charge >= 0.3 is 0 Å². The number of hydrogen-bond donors (Lipinski definition) is 2. The van der Waals surface area contributed by atoms with Gasteiger partial charge in [-0.15, -0.1) is 0 Å². The summed E-state index contributed by atoms with van der Waals surface area (Å²) < 4.78 is 0. The maximum Gasteiger partial charge on any atom is 0.0558 e. The molecular formula is C11H24N2O. The fourth-order valence-electron chi connectivity index (χ4n) is 2.23. The number of aliphatic hydroxyl groups is 1. The van der Waals surface area contributed by atoms with E-state index in [-0.39, 0.29) is 0 Å². The average Bonchev–Trinajstić information content (AvgIpc) is 2.41. The van der Waals surface area contributed by atoms with Gasteiger partial charge in [-0.3, -0.25) is 0 Å². The molecule has 3 nitrogen and oxygen atoms in total. The zero-order valence-electron chi connectivity index (χ0n) is 9.34. The van der Waals surface area contributed by atoms with Crippen molar-refractivity contribution in [3.63, 3.8) is 0 Å². The highest BCUT2D eigenvalue weighted by atomic mass is 16.3. The molecule has 1 saturated heterocycles. The molecule has 84 valence electrons. The van der Waals surface area contributed by atoms with Crippen molar-refractivity contribution in [1.29, 1.82) is 0 Å². The number of nitrogens with one attached hydrogen (secondary N) is 1. The second-order valence-electron chi connectivity index (χ2n) is 4.25. The molecule has 1 fully saturated rings. The van der Waals surface area contributed by atoms with Crippen LogP contribution in [0, 0.1) is 5.92 Å². The molecule has 3 heteroatoms. The lowest BCUT2D eigenvalue weighted by Gasteiger charge is -2.18. The van der Waals surface area contributed by atoms with Crippen LogP contribution in [0.3, 0.4) is 0 Å². The molecule has 1 heterocycles. The number of aliphatic hydroxyl groups excluding tert-OH is 1. The lowest BCUT2D eigenvalue weighted by atomic mass is 9.97. The van der Waals surface area contributed by atoms with E-state index in [9.17, 15) is 0 Å². The molecule has 0 amide bonds. The van der Waals surface area contributed by atoms with Crippen molar-refractivity contribution in [2.75, 3.05) is 39.8 Å². The van der Waals surface area contributed by atoms with Gasteiger partial charge in [0.05, 0.1) is 6.61 Å². The van der Waals surface area contributed by atoms with E-state index in [1.807, 2.05) is 7.05 Å². The van der Waals surface area contributed by atoms with E-state index in [2.05, 4.69) is 10.2 Å². The summed E-state index contributed by atoms with van der Waals surface area (Å²) in [5.74, 6) is 0.895. The Morgan fingerprint density at radius 1 is 1.36 bits per heavy atom. The molecule has 0 radical (unpaired) electrons. The lowest BCUT2D eigenvalue weighted by Crippen LogP contribution is -2.28. The topological polar surface area (TPSA) is 35.5 Å². The molecule has 0 aromatic heterocycles. The first-order valence-corrected chi connectivity index (χ1v) is 5.84. The number of β-amino-alcohol motifs (C(OH)–C–C–N with tert-alkyl or cyclic N) is 1. The first-order chi connectivity index (χ1) is 6.86. The van der Waals surface area contributed by atoms with Crippen LogP contribution in [0.15, 0.2) is 0 Å². The number of likely N-dealkylation sites (tertiary alicyclic amines) is 1. The Bertz CT molecular complexity index is 141. The molecule has 1 unspecified atom stereocenters. The van der Waals surface area contributed by atoms with Crippen molar-refractivity contribution in [2.45, 2.75) is 25.7 Å². The van der Waals surface area contributed by atoms with Crippen LogP contribution < -0.4 is 5.32 Å². The highest BCUT2D eigenvalue weighted by molar-refractivity contribution is 4.70. The maximum absolute atomic E-state index is 8.87. The molecule has 14 heavy (non-hydrogen) atoms. The quantitative estimate of drug-likeness (QED) is 0.685. The largest absolute Gasteiger partial charge is 0.395 e. The maximum atomic E-state index is 8.87. The summed E-state index contributed by atoms with van der Waals surface area (Å²) in [6.45, 7) is 4.66. The predicted octanol–water partition coefficient (Wildman–Crippen LogP) is 0.690. The second-order valence-corrected chi connectivity index (χ2v) is 4.25. The third-order valence-electron chi connectivity index (χ3n) is 3.16. The van der Waals surface area contributed by atoms with Crippen molar-refractivity contribution in [3.8, 4) is 0 Å². The van der Waals surface area contributed by atoms with Gasteiger partial charge in [-0.1, -0.05) is 0 Å². The molecule has 1 atom stereocenters. The minimum absolute atomic E-state index is 0.307. The summed E-state index contributed by atoms with van der Waals surface area (Å²) in [5, 5.41) is 12.1. The molecule has 0 aromatic carbocycles. The van der Waals surface area contributed by atoms with Crippen LogP contribution in [0.25, 0.3) is 0 Å². The van der Waals surface area contributed by atoms with Crippen molar-refractivity contribution in [2.24, 2.45) is 5.92 Å². The van der Waals surface area contributed by atoms with Gasteiger partial charge < -0.3 is 15.3 Å². The van der Waals surface area contributed by atoms with E-state index < -0.39 is 0 Å². The number of nitrogens with zero attached hydrogens (tertiary/aromatic N) is 1. The zero-order chi connectivity index (χ0) is 10.2. The molecule has 0 spiro atoms. The van der Waals surface area contributed by atoms with Crippen LogP contribution >= 0.6 is 0 Å². The van der Waals surface area contributed by atoms with E-state index in [4.69, 9.17) is 5.11 Å². The summed E-state index contributed by atoms with van der Waals surface area (Å²) in [6, 6.07) is 0. The minimum Gasteiger partial charge on any atom is -0.395 e. The Labute approximate surface area is 87.5 Å². The molecule has 0 saturated carbocycles. The summed E-state index contributed by atoms with van der Waals surface area (Å²) in [4.78, 5) is 2.39. The normalized spacial score (nSPS) is 24.9. The van der Waals surface area contributed by atoms with Gasteiger partial charge in [0.25, 0.3) is 0 Å². The Balaban J connectivity index is 2.19. The smallest absolute Gasteiger partial charge is 0.0558 e. The summed E-state index contributed by atoms with van der Waals surface area (Å²) in [7, 11) is 2.02. The van der Waals surface area contributed by atoms with Crippen LogP contribution in [-0.4, -0.2) is 49.8 Å². The SMILES string of the molecule is CNCCC1CCCN(CCO)CC1. The Hall–Kier alpha value is -0.120. The molecular weight excluding hydrogens is 176 g/mol. The van der Waals surface area contributed by atoms with Crippen molar-refractivity contribution in [3.05, 3.63) is 0 Å². The summed E-state index contributed by atoms with van der Waals surface area (Å²) >= 11 is 0. The fourth-order valence-corrected chi connectivity index (χ4v) is 2.23. The number of hydrogen-bond acceptors (Lipinski definition) is 3. The van der Waals surface area contributed by atoms with E-state index >= 15 is 0 Å². The predicted molar refractivity (Wildman–Crippen MR) is 59.4 cm³/mol. The lowest BCUT2D eigenvalue weighted by molar-refractivity contribution is 0.198. The fraction of sp³-hybridized carbons (Fsp3) is 1.00. The molecule has 0 aliphatic carbocycles. The summed E-state index contributed by atoms with van der Waals surface area (Å²) in [5.41, 5.74) is 0. The van der Waals surface area contributed by atoms with Gasteiger partial charge in [0.1, 0.15) is 0 Å². The first kappa shape index (κ1) is 12.0. The van der Waals surface area contributed by atoms with E-state index in [0.717, 1.165) is 19.0 Å². The Kier molecular flexibility index (Phi) is 6.15. The van der Waals surface area contributed by atoms with E-state index in [0.29, 0.717) is 6.61 Å². The minimum atomic E-state index is 0.307. The zero-order valence-corrected chi connectivity index (χ0v) is 9.34. The van der Waals surface area contributed by atoms with Gasteiger partial charge in [0, 0.05) is 6.54 Å². The molecule has 1 aliphatic rings. The van der Waals surface area contributed by atoms with Gasteiger partial charge in [-0.2, -0.15) is 0 Å². The first-order valence-electron chi connectivity index (χ1n) is 5.84. The highest BCUT2D eigenvalue weighted by Gasteiger charge is 2.15. The second kappa shape index (κ2) is 7.21. The van der Waals surface area contributed by atoms with Crippen molar-refractivity contribution >= 4 is 0 Å². The molecule has 0 aromatic rings. The Morgan fingerprint density at radius 2 is 2.21 bits per heavy atom. The standard InChI is InChI=1S/C11H24N2O/c1-12-6-4-11-3-2-7-13(8-5-11)9-10-14/h11-12,14H,2-10H2,1H3. The van der Waals surface area contributed by atoms with Crippen LogP contribution in [0.1, 0.15) is 25.7 Å². The molecule has 0 bridgehead atoms. The van der Waals surface area contributed by atoms with Crippen LogP contribution in [-0.2, 0) is 0 Å². The molecule has 1 aliphatic heterocycles. The van der Waals surface area contributed by atoms with Gasteiger partial charge in [-0.25, -0.2) is 0 Å². The van der Waals surface area contributed by atoms with Crippen molar-refractivity contribution < 1.29 is 5.11 Å². The third-order valence-corrected chi connectivity index (χ3v) is 3.16. The van der Waals surface area contributed by atoms with Gasteiger partial charge in [0.15, 0.2) is 0 Å². The van der Waals surface area contributed by atoms with Crippen LogP contribution in [0.4, 0.5) is 0 Å². The summed E-state index contributed by atoms with van der Waals surface area (Å²) in [6.07, 6.45) is 5.28. The Morgan fingerprint density at radius 3 is 2.93 bits per heavy atom. The van der Waals surface area contributed by atoms with Gasteiger partial charge in [0.2, 0.25) is 0 Å². The average molecular weight is 200 g/mol. The van der Waals surface area contributed by atoms with Crippen LogP contribution in [0.5, 0.6) is 0 Å². The van der Waals surface area contributed by atoms with Gasteiger partial charge in [-0.05, 0) is 58.3 Å². The van der Waals surface area contributed by atoms with Crippen molar-refractivity contribution in [1.82, 2.24) is 10.2 Å². The van der Waals surface area contributed by atoms with E-state index in [1.54, 1.807) is 0 Å². The van der Waals surface area contributed by atoms with Crippen LogP contribution in [0.2, 0.25) is 0 Å². The molecule has 1 rings (SSSR count). The van der Waals surface area contributed by atoms with E-state index in [1.165, 1.54) is 38.8 Å². The molecule has 2 N–H and O–H groups in total. The third kappa shape index (κ3) is 4.40. The number of rotatable bonds is 5. The monoisotopic (exact) mass is 200 g/mol.